The minimum atomic E-state index is -0.523. The molecule has 0 aliphatic rings. The molecule has 0 atom stereocenters. The van der Waals surface area contributed by atoms with Gasteiger partial charge >= 0.3 is 0 Å². The molecule has 0 heterocycles. The van der Waals surface area contributed by atoms with E-state index in [1.165, 1.54) is 60.7 Å². The van der Waals surface area contributed by atoms with Crippen LogP contribution in [0.15, 0.2) is 77.7 Å². The molecular weight excluding hydrogens is 432 g/mol. The highest BCUT2D eigenvalue weighted by Gasteiger charge is 2.06. The molecular formula is C18H14N4O8S. The smallest absolute Gasteiger partial charge is 0.269 e. The summed E-state index contributed by atoms with van der Waals surface area (Å²) in [5.41, 5.74) is 2.16. The molecule has 0 amide bonds. The fourth-order valence-electron chi connectivity index (χ4n) is 1.96. The fraction of sp³-hybridized carbons (Fsp3) is 0. The number of non-ortho nitro benzene ring substituents is 3. The van der Waals surface area contributed by atoms with Crippen LogP contribution >= 0.6 is 12.6 Å². The number of nitro groups is 3. The van der Waals surface area contributed by atoms with E-state index in [0.717, 1.165) is 4.90 Å². The number of benzene rings is 3. The van der Waals surface area contributed by atoms with Crippen molar-refractivity contribution >= 4 is 29.7 Å². The van der Waals surface area contributed by atoms with Crippen LogP contribution in [0.4, 0.5) is 17.1 Å². The van der Waals surface area contributed by atoms with E-state index in [0.29, 0.717) is 11.5 Å². The first-order chi connectivity index (χ1) is 14.8. The average molecular weight is 446 g/mol. The maximum absolute atomic E-state index is 10.5. The molecule has 0 fully saturated rings. The van der Waals surface area contributed by atoms with Crippen molar-refractivity contribution in [3.8, 4) is 11.5 Å². The SMILES string of the molecule is O=[N+]([O-])c1ccc(ONOc2ccc([N+](=O)[O-])cc2)cc1.O=[N+]([O-])c1ccc(S)cc1. The molecule has 0 spiro atoms. The molecule has 3 aromatic carbocycles. The van der Waals surface area contributed by atoms with Crippen molar-refractivity contribution in [2.45, 2.75) is 4.90 Å². The molecule has 0 aromatic heterocycles. The Morgan fingerprint density at radius 3 is 1.16 bits per heavy atom. The van der Waals surface area contributed by atoms with E-state index in [2.05, 4.69) is 18.3 Å². The molecule has 0 unspecified atom stereocenters. The van der Waals surface area contributed by atoms with Gasteiger partial charge in [0.2, 0.25) is 0 Å². The summed E-state index contributed by atoms with van der Waals surface area (Å²) in [7, 11) is 0. The number of hydrogen-bond donors (Lipinski definition) is 2. The molecule has 0 aliphatic carbocycles. The van der Waals surface area contributed by atoms with Gasteiger partial charge in [0.25, 0.3) is 17.1 Å². The maximum Gasteiger partial charge on any atom is 0.269 e. The van der Waals surface area contributed by atoms with Crippen LogP contribution in [-0.2, 0) is 0 Å². The summed E-state index contributed by atoms with van der Waals surface area (Å²) in [5, 5.41) is 31.0. The van der Waals surface area contributed by atoms with Crippen molar-refractivity contribution in [2.75, 3.05) is 0 Å². The third-order valence-electron chi connectivity index (χ3n) is 3.47. The predicted molar refractivity (Wildman–Crippen MR) is 111 cm³/mol. The van der Waals surface area contributed by atoms with E-state index in [-0.39, 0.29) is 17.1 Å². The summed E-state index contributed by atoms with van der Waals surface area (Å²) < 4.78 is 0. The number of rotatable bonds is 7. The molecule has 0 aliphatic heterocycles. The van der Waals surface area contributed by atoms with Gasteiger partial charge in [0.15, 0.2) is 11.5 Å². The van der Waals surface area contributed by atoms with Crippen LogP contribution < -0.4 is 15.3 Å². The fourth-order valence-corrected chi connectivity index (χ4v) is 2.11. The van der Waals surface area contributed by atoms with E-state index in [1.807, 2.05) is 0 Å². The third kappa shape index (κ3) is 7.60. The van der Waals surface area contributed by atoms with Crippen molar-refractivity contribution in [1.29, 1.82) is 0 Å². The quantitative estimate of drug-likeness (QED) is 0.307. The number of thiol groups is 1. The van der Waals surface area contributed by atoms with E-state index >= 15 is 0 Å². The molecule has 3 rings (SSSR count). The molecule has 13 heteroatoms. The lowest BCUT2D eigenvalue weighted by Gasteiger charge is -2.07. The Hall–Kier alpha value is -4.23. The standard InChI is InChI=1S/C12H9N3O6.C6H5NO2S/c16-14(17)9-1-5-11(6-2-9)20-13-21-12-7-3-10(4-8-12)15(18)19;8-7(9)5-1-3-6(10)4-2-5/h1-8,13H;1-4,10H. The van der Waals surface area contributed by atoms with Crippen LogP contribution in [-0.4, -0.2) is 14.8 Å². The van der Waals surface area contributed by atoms with Crippen LogP contribution in [0.25, 0.3) is 0 Å². The monoisotopic (exact) mass is 446 g/mol. The Morgan fingerprint density at radius 1 is 0.581 bits per heavy atom. The minimum absolute atomic E-state index is 0.0568. The van der Waals surface area contributed by atoms with Crippen LogP contribution in [0.1, 0.15) is 0 Å². The van der Waals surface area contributed by atoms with Gasteiger partial charge in [-0.15, -0.1) is 12.6 Å². The largest absolute Gasteiger partial charge is 0.374 e. The summed E-state index contributed by atoms with van der Waals surface area (Å²) in [6.07, 6.45) is 0. The minimum Gasteiger partial charge on any atom is -0.374 e. The highest BCUT2D eigenvalue weighted by molar-refractivity contribution is 7.80. The Morgan fingerprint density at radius 2 is 0.871 bits per heavy atom. The lowest BCUT2D eigenvalue weighted by molar-refractivity contribution is -0.385. The normalized spacial score (nSPS) is 9.71. The van der Waals surface area contributed by atoms with Crippen molar-refractivity contribution in [1.82, 2.24) is 5.64 Å². The van der Waals surface area contributed by atoms with E-state index in [4.69, 9.17) is 9.68 Å². The Kier molecular flexibility index (Phi) is 8.24. The Bertz CT molecular complexity index is 986. The van der Waals surface area contributed by atoms with E-state index in [1.54, 1.807) is 12.1 Å². The van der Waals surface area contributed by atoms with Crippen LogP contribution in [0.2, 0.25) is 0 Å². The number of nitrogens with zero attached hydrogens (tertiary/aromatic N) is 3. The molecule has 0 radical (unpaired) electrons. The van der Waals surface area contributed by atoms with Crippen molar-refractivity contribution in [3.63, 3.8) is 0 Å². The lowest BCUT2D eigenvalue weighted by atomic mass is 10.3. The van der Waals surface area contributed by atoms with Gasteiger partial charge < -0.3 is 9.68 Å². The van der Waals surface area contributed by atoms with E-state index in [9.17, 15) is 30.3 Å². The highest BCUT2D eigenvalue weighted by Crippen LogP contribution is 2.18. The second kappa shape index (κ2) is 11.1. The van der Waals surface area contributed by atoms with E-state index < -0.39 is 14.8 Å². The van der Waals surface area contributed by atoms with Crippen LogP contribution in [0, 0.1) is 30.3 Å². The molecule has 0 saturated heterocycles. The molecule has 0 bridgehead atoms. The van der Waals surface area contributed by atoms with Gasteiger partial charge in [-0.1, -0.05) is 0 Å². The molecule has 12 nitrogen and oxygen atoms in total. The van der Waals surface area contributed by atoms with Crippen molar-refractivity contribution in [3.05, 3.63) is 103 Å². The van der Waals surface area contributed by atoms with Crippen LogP contribution in [0.3, 0.4) is 0 Å². The zero-order chi connectivity index (χ0) is 22.8. The Labute approximate surface area is 179 Å². The lowest BCUT2D eigenvalue weighted by Crippen LogP contribution is -2.22. The highest BCUT2D eigenvalue weighted by atomic mass is 32.1. The topological polar surface area (TPSA) is 160 Å². The van der Waals surface area contributed by atoms with Gasteiger partial charge in [-0.3, -0.25) is 30.3 Å². The van der Waals surface area contributed by atoms with Crippen LogP contribution in [0.5, 0.6) is 11.5 Å². The number of nitro benzene ring substituents is 3. The second-order valence-electron chi connectivity index (χ2n) is 5.56. The summed E-state index contributed by atoms with van der Waals surface area (Å²) in [6.45, 7) is 0. The maximum atomic E-state index is 10.5. The first-order valence-corrected chi connectivity index (χ1v) is 8.72. The second-order valence-corrected chi connectivity index (χ2v) is 6.08. The molecule has 31 heavy (non-hydrogen) atoms. The predicted octanol–water partition coefficient (Wildman–Crippen LogP) is 4.26. The molecule has 0 saturated carbocycles. The summed E-state index contributed by atoms with van der Waals surface area (Å²) >= 11 is 3.98. The zero-order valence-electron chi connectivity index (χ0n) is 15.5. The summed E-state index contributed by atoms with van der Waals surface area (Å²) in [6, 6.07) is 16.7. The van der Waals surface area contributed by atoms with Gasteiger partial charge in [0.05, 0.1) is 14.8 Å². The first kappa shape index (κ1) is 23.1. The van der Waals surface area contributed by atoms with Crippen molar-refractivity contribution < 1.29 is 24.4 Å². The summed E-state index contributed by atoms with van der Waals surface area (Å²) in [4.78, 5) is 40.3. The summed E-state index contributed by atoms with van der Waals surface area (Å²) in [5.74, 6) is 0.616. The molecule has 160 valence electrons. The molecule has 3 aromatic rings. The van der Waals surface area contributed by atoms with Gasteiger partial charge in [0.1, 0.15) is 0 Å². The van der Waals surface area contributed by atoms with Gasteiger partial charge in [-0.05, 0) is 36.4 Å². The number of hydrogen-bond acceptors (Lipinski definition) is 10. The number of nitrogens with one attached hydrogen (secondary N) is 1. The first-order valence-electron chi connectivity index (χ1n) is 8.27. The Balaban J connectivity index is 0.000000285. The molecule has 1 N–H and O–H groups in total. The van der Waals surface area contributed by atoms with Gasteiger partial charge in [0, 0.05) is 46.9 Å². The van der Waals surface area contributed by atoms with Crippen molar-refractivity contribution in [2.24, 2.45) is 0 Å². The zero-order valence-corrected chi connectivity index (χ0v) is 16.4. The van der Waals surface area contributed by atoms with Gasteiger partial charge in [-0.25, -0.2) is 0 Å². The average Bonchev–Trinajstić information content (AvgIpc) is 2.75. The van der Waals surface area contributed by atoms with Gasteiger partial charge in [-0.2, -0.15) is 0 Å². The third-order valence-corrected chi connectivity index (χ3v) is 3.77.